The third kappa shape index (κ3) is 3.64. The molecule has 0 radical (unpaired) electrons. The van der Waals surface area contributed by atoms with E-state index in [1.54, 1.807) is 0 Å². The van der Waals surface area contributed by atoms with Crippen molar-refractivity contribution >= 4 is 0 Å². The third-order valence-corrected chi connectivity index (χ3v) is 3.94. The average molecular weight is 344 g/mol. The Kier molecular flexibility index (Phi) is 6.24. The maximum Gasteiger partial charge on any atom is 0.189 e. The molecule has 7 N–H and O–H groups in total. The average Bonchev–Trinajstić information content (AvgIpc) is 2.55. The summed E-state index contributed by atoms with van der Waals surface area (Å²) >= 11 is 0. The van der Waals surface area contributed by atoms with Crippen LogP contribution in [0.15, 0.2) is 0 Å². The molecule has 0 spiro atoms. The summed E-state index contributed by atoms with van der Waals surface area (Å²) in [5.74, 6) is 0. The van der Waals surface area contributed by atoms with Crippen molar-refractivity contribution in [2.75, 3.05) is 13.2 Å². The van der Waals surface area contributed by atoms with Crippen LogP contribution in [0.2, 0.25) is 0 Å². The van der Waals surface area contributed by atoms with Crippen molar-refractivity contribution in [1.29, 1.82) is 0 Å². The maximum absolute atomic E-state index is 13.6. The van der Waals surface area contributed by atoms with Crippen LogP contribution in [-0.4, -0.2) is 110 Å². The van der Waals surface area contributed by atoms with Gasteiger partial charge in [0.25, 0.3) is 0 Å². The molecule has 0 bridgehead atoms. The van der Waals surface area contributed by atoms with E-state index in [0.717, 1.165) is 0 Å². The fourth-order valence-electron chi connectivity index (χ4n) is 2.55. The van der Waals surface area contributed by atoms with Crippen LogP contribution >= 0.6 is 0 Å². The second kappa shape index (κ2) is 7.61. The van der Waals surface area contributed by atoms with E-state index in [1.807, 2.05) is 0 Å². The summed E-state index contributed by atoms with van der Waals surface area (Å²) < 4.78 is 28.7. The summed E-state index contributed by atoms with van der Waals surface area (Å²) in [6, 6.07) is 0. The number of hydrogen-bond acceptors (Lipinski definition) is 10. The molecule has 0 aromatic heterocycles. The molecule has 0 aliphatic carbocycles. The zero-order chi connectivity index (χ0) is 17.3. The first kappa shape index (κ1) is 18.9. The van der Waals surface area contributed by atoms with Crippen LogP contribution in [0.5, 0.6) is 0 Å². The summed E-state index contributed by atoms with van der Waals surface area (Å²) in [4.78, 5) is 0. The highest BCUT2D eigenvalue weighted by molar-refractivity contribution is 4.93. The number of hydrogen-bond donors (Lipinski definition) is 7. The zero-order valence-electron chi connectivity index (χ0n) is 11.9. The van der Waals surface area contributed by atoms with Gasteiger partial charge < -0.3 is 50.0 Å². The largest absolute Gasteiger partial charge is 0.394 e. The summed E-state index contributed by atoms with van der Waals surface area (Å²) in [5.41, 5.74) is 0. The lowest BCUT2D eigenvalue weighted by Crippen LogP contribution is -2.63. The number of ether oxygens (including phenoxy) is 3. The van der Waals surface area contributed by atoms with Gasteiger partial charge in [0.1, 0.15) is 42.7 Å². The number of halogens is 1. The van der Waals surface area contributed by atoms with Gasteiger partial charge in [0.15, 0.2) is 18.8 Å². The lowest BCUT2D eigenvalue weighted by atomic mass is 9.97. The number of aliphatic hydroxyl groups excluding tert-OH is 7. The van der Waals surface area contributed by atoms with Crippen LogP contribution in [0.4, 0.5) is 4.39 Å². The molecule has 2 rings (SSSR count). The van der Waals surface area contributed by atoms with E-state index in [-0.39, 0.29) is 0 Å². The Morgan fingerprint density at radius 2 is 1.39 bits per heavy atom. The first-order chi connectivity index (χ1) is 10.8. The number of alkyl halides is 1. The monoisotopic (exact) mass is 344 g/mol. The Morgan fingerprint density at radius 1 is 0.783 bits per heavy atom. The molecule has 11 heteroatoms. The molecule has 0 aromatic rings. The van der Waals surface area contributed by atoms with E-state index in [0.29, 0.717) is 0 Å². The van der Waals surface area contributed by atoms with Crippen LogP contribution in [0.1, 0.15) is 0 Å². The van der Waals surface area contributed by atoms with E-state index in [9.17, 15) is 35.0 Å². The highest BCUT2D eigenvalue weighted by Crippen LogP contribution is 2.29. The molecule has 10 nitrogen and oxygen atoms in total. The van der Waals surface area contributed by atoms with Gasteiger partial charge in [-0.1, -0.05) is 0 Å². The second-order valence-corrected chi connectivity index (χ2v) is 5.48. The molecular weight excluding hydrogens is 323 g/mol. The van der Waals surface area contributed by atoms with Gasteiger partial charge in [-0.25, -0.2) is 4.39 Å². The smallest absolute Gasteiger partial charge is 0.189 e. The summed E-state index contributed by atoms with van der Waals surface area (Å²) in [5, 5.41) is 66.5. The lowest BCUT2D eigenvalue weighted by Gasteiger charge is -2.44. The van der Waals surface area contributed by atoms with Gasteiger partial charge in [0, 0.05) is 0 Å². The predicted molar refractivity (Wildman–Crippen MR) is 67.5 cm³/mol. The van der Waals surface area contributed by atoms with Crippen molar-refractivity contribution in [2.45, 2.75) is 61.5 Å². The molecule has 1 unspecified atom stereocenters. The van der Waals surface area contributed by atoms with E-state index >= 15 is 0 Å². The zero-order valence-corrected chi connectivity index (χ0v) is 11.9. The molecule has 0 saturated carbocycles. The number of aliphatic hydroxyl groups is 7. The van der Waals surface area contributed by atoms with Crippen LogP contribution in [0, 0.1) is 0 Å². The van der Waals surface area contributed by atoms with Crippen molar-refractivity contribution in [1.82, 2.24) is 0 Å². The first-order valence-corrected chi connectivity index (χ1v) is 7.04. The summed E-state index contributed by atoms with van der Waals surface area (Å²) in [6.07, 6.45) is -16.9. The normalized spacial score (nSPS) is 51.7. The Bertz CT molecular complexity index is 383. The van der Waals surface area contributed by atoms with Gasteiger partial charge in [-0.15, -0.1) is 0 Å². The molecule has 2 saturated heterocycles. The number of rotatable bonds is 4. The van der Waals surface area contributed by atoms with Gasteiger partial charge in [0.2, 0.25) is 0 Å². The van der Waals surface area contributed by atoms with Crippen LogP contribution < -0.4 is 0 Å². The Morgan fingerprint density at radius 3 is 1.96 bits per heavy atom. The molecule has 10 atom stereocenters. The van der Waals surface area contributed by atoms with Gasteiger partial charge in [-0.05, 0) is 0 Å². The quantitative estimate of drug-likeness (QED) is 0.264. The van der Waals surface area contributed by atoms with Gasteiger partial charge >= 0.3 is 0 Å². The van der Waals surface area contributed by atoms with Gasteiger partial charge in [-0.3, -0.25) is 0 Å². The van der Waals surface area contributed by atoms with Crippen molar-refractivity contribution < 1.29 is 54.3 Å². The molecular formula is C12H21FO10. The first-order valence-electron chi connectivity index (χ1n) is 7.04. The molecule has 2 aliphatic rings. The Labute approximate surface area is 130 Å². The molecule has 136 valence electrons. The van der Waals surface area contributed by atoms with Crippen molar-refractivity contribution in [3.8, 4) is 0 Å². The molecule has 2 heterocycles. The topological polar surface area (TPSA) is 169 Å². The fraction of sp³-hybridized carbons (Fsp3) is 1.00. The SMILES string of the molecule is OC[C@H]1O[C@@H](O[C@H]2[C@H](O)[C@@H](F)C(O)O[C@@H]2CO)[C@H](O)[C@@H](O)[C@@H]1O. The molecule has 2 aliphatic heterocycles. The van der Waals surface area contributed by atoms with Crippen molar-refractivity contribution in [2.24, 2.45) is 0 Å². The third-order valence-electron chi connectivity index (χ3n) is 3.94. The van der Waals surface area contributed by atoms with E-state index in [2.05, 4.69) is 0 Å². The van der Waals surface area contributed by atoms with E-state index in [4.69, 9.17) is 19.3 Å². The highest BCUT2D eigenvalue weighted by atomic mass is 19.1. The van der Waals surface area contributed by atoms with Gasteiger partial charge in [-0.2, -0.15) is 0 Å². The molecule has 23 heavy (non-hydrogen) atoms. The molecule has 0 amide bonds. The minimum absolute atomic E-state index is 0.692. The van der Waals surface area contributed by atoms with E-state index < -0.39 is 74.7 Å². The van der Waals surface area contributed by atoms with Crippen LogP contribution in [0.3, 0.4) is 0 Å². The van der Waals surface area contributed by atoms with E-state index in [1.165, 1.54) is 0 Å². The standard InChI is InChI=1S/C12H21FO10/c13-5-7(17)10(4(2-15)21-11(5)20)23-12-9(19)8(18)6(16)3(1-14)22-12/h3-12,14-20H,1-2H2/t3-,4-,5-,6-,7-,8+,9-,10-,11?,12+/m1/s1. The predicted octanol–water partition coefficient (Wildman–Crippen LogP) is -4.42. The fourth-order valence-corrected chi connectivity index (χ4v) is 2.55. The minimum Gasteiger partial charge on any atom is -0.394 e. The van der Waals surface area contributed by atoms with Crippen LogP contribution in [-0.2, 0) is 14.2 Å². The molecule has 0 aromatic carbocycles. The van der Waals surface area contributed by atoms with Crippen LogP contribution in [0.25, 0.3) is 0 Å². The Balaban J connectivity index is 2.11. The summed E-state index contributed by atoms with van der Waals surface area (Å²) in [6.45, 7) is -1.43. The lowest BCUT2D eigenvalue weighted by molar-refractivity contribution is -0.350. The minimum atomic E-state index is -2.23. The molecule has 2 fully saturated rings. The summed E-state index contributed by atoms with van der Waals surface area (Å²) in [7, 11) is 0. The second-order valence-electron chi connectivity index (χ2n) is 5.48. The highest BCUT2D eigenvalue weighted by Gasteiger charge is 2.50. The van der Waals surface area contributed by atoms with Crippen molar-refractivity contribution in [3.63, 3.8) is 0 Å². The maximum atomic E-state index is 13.6. The Hall–Kier alpha value is -0.470. The van der Waals surface area contributed by atoms with Crippen molar-refractivity contribution in [3.05, 3.63) is 0 Å². The van der Waals surface area contributed by atoms with Gasteiger partial charge in [0.05, 0.1) is 13.2 Å².